The Labute approximate surface area is 168 Å². The number of thiazole rings is 1. The van der Waals surface area contributed by atoms with Crippen molar-refractivity contribution in [3.63, 3.8) is 0 Å². The highest BCUT2D eigenvalue weighted by molar-refractivity contribution is 7.15. The number of hydrogen-bond acceptors (Lipinski definition) is 6. The zero-order valence-corrected chi connectivity index (χ0v) is 16.3. The number of benzene rings is 2. The molecule has 4 rings (SSSR count). The third-order valence-electron chi connectivity index (χ3n) is 4.87. The van der Waals surface area contributed by atoms with Crippen LogP contribution in [0.4, 0.5) is 10.7 Å². The number of nitriles is 1. The number of hydrogen-bond donors (Lipinski definition) is 2. The SMILES string of the molecule is Cc1ncc(Nc2cc(OC3CCCc4cc(C#N)ccc43)ccc2C=N)s1. The molecular formula is C22H20N4OS. The molecule has 0 saturated carbocycles. The van der Waals surface area contributed by atoms with Crippen LogP contribution in [0.25, 0.3) is 0 Å². The van der Waals surface area contributed by atoms with Crippen LogP contribution in [-0.4, -0.2) is 11.2 Å². The first-order chi connectivity index (χ1) is 13.7. The number of aromatic nitrogens is 1. The van der Waals surface area contributed by atoms with Crippen LogP contribution in [0.5, 0.6) is 5.75 Å². The van der Waals surface area contributed by atoms with Crippen LogP contribution in [0.1, 0.15) is 46.2 Å². The molecule has 0 spiro atoms. The van der Waals surface area contributed by atoms with E-state index in [0.717, 1.165) is 51.8 Å². The van der Waals surface area contributed by atoms with Crippen LogP contribution < -0.4 is 10.1 Å². The largest absolute Gasteiger partial charge is 0.486 e. The quantitative estimate of drug-likeness (QED) is 0.564. The average molecular weight is 388 g/mol. The molecule has 0 saturated heterocycles. The number of nitrogens with one attached hydrogen (secondary N) is 2. The second-order valence-corrected chi connectivity index (χ2v) is 8.02. The van der Waals surface area contributed by atoms with E-state index in [1.807, 2.05) is 43.3 Å². The number of anilines is 2. The van der Waals surface area contributed by atoms with Crippen LogP contribution in [0.3, 0.4) is 0 Å². The maximum absolute atomic E-state index is 9.13. The molecule has 1 unspecified atom stereocenters. The van der Waals surface area contributed by atoms with Crippen LogP contribution in [0, 0.1) is 23.7 Å². The number of ether oxygens (including phenoxy) is 1. The molecule has 2 aromatic carbocycles. The summed E-state index contributed by atoms with van der Waals surface area (Å²) >= 11 is 1.57. The molecule has 3 aromatic rings. The van der Waals surface area contributed by atoms with Crippen molar-refractivity contribution in [1.29, 1.82) is 10.7 Å². The van der Waals surface area contributed by atoms with Gasteiger partial charge in [0.15, 0.2) is 0 Å². The van der Waals surface area contributed by atoms with Gasteiger partial charge in [-0.1, -0.05) is 6.07 Å². The Morgan fingerprint density at radius 1 is 1.32 bits per heavy atom. The molecule has 6 heteroatoms. The van der Waals surface area contributed by atoms with E-state index >= 15 is 0 Å². The lowest BCUT2D eigenvalue weighted by Gasteiger charge is -2.27. The lowest BCUT2D eigenvalue weighted by atomic mass is 9.88. The highest BCUT2D eigenvalue weighted by Crippen LogP contribution is 2.36. The highest BCUT2D eigenvalue weighted by Gasteiger charge is 2.22. The number of fused-ring (bicyclic) bond motifs is 1. The van der Waals surface area contributed by atoms with E-state index in [2.05, 4.69) is 16.4 Å². The van der Waals surface area contributed by atoms with Gasteiger partial charge in [-0.15, -0.1) is 11.3 Å². The molecule has 1 atom stereocenters. The predicted octanol–water partition coefficient (Wildman–Crippen LogP) is 5.52. The van der Waals surface area contributed by atoms with E-state index in [9.17, 15) is 0 Å². The van der Waals surface area contributed by atoms with Gasteiger partial charge in [-0.3, -0.25) is 0 Å². The molecule has 0 radical (unpaired) electrons. The Morgan fingerprint density at radius 3 is 2.96 bits per heavy atom. The highest BCUT2D eigenvalue weighted by atomic mass is 32.1. The van der Waals surface area contributed by atoms with Crippen molar-refractivity contribution in [3.05, 3.63) is 69.9 Å². The van der Waals surface area contributed by atoms with Crippen molar-refractivity contribution >= 4 is 28.2 Å². The van der Waals surface area contributed by atoms with Gasteiger partial charge in [-0.25, -0.2) is 4.98 Å². The lowest BCUT2D eigenvalue weighted by molar-refractivity contribution is 0.183. The standard InChI is InChI=1S/C22H20N4OS/c1-14-25-13-22(28-14)26-20-10-18(7-6-17(20)12-24)27-21-4-2-3-16-9-15(11-23)5-8-19(16)21/h5-10,12-13,21,24,26H,2-4H2,1H3. The lowest BCUT2D eigenvalue weighted by Crippen LogP contribution is -2.15. The molecule has 0 amide bonds. The Balaban J connectivity index is 1.60. The van der Waals surface area contributed by atoms with Gasteiger partial charge in [0.25, 0.3) is 0 Å². The van der Waals surface area contributed by atoms with Crippen LogP contribution >= 0.6 is 11.3 Å². The number of nitrogens with zero attached hydrogens (tertiary/aromatic N) is 2. The van der Waals surface area contributed by atoms with Gasteiger partial charge in [0.2, 0.25) is 0 Å². The molecule has 1 aliphatic rings. The van der Waals surface area contributed by atoms with Crippen molar-refractivity contribution in [1.82, 2.24) is 4.98 Å². The normalized spacial score (nSPS) is 15.4. The fourth-order valence-electron chi connectivity index (χ4n) is 3.52. The number of rotatable bonds is 5. The molecule has 140 valence electrons. The molecular weight excluding hydrogens is 368 g/mol. The van der Waals surface area contributed by atoms with Gasteiger partial charge < -0.3 is 15.5 Å². The summed E-state index contributed by atoms with van der Waals surface area (Å²) in [5, 5.41) is 22.1. The van der Waals surface area contributed by atoms with Crippen LogP contribution in [0.15, 0.2) is 42.6 Å². The number of aryl methyl sites for hydroxylation is 2. The minimum absolute atomic E-state index is 0.0270. The molecule has 0 bridgehead atoms. The van der Waals surface area contributed by atoms with Gasteiger partial charge in [-0.05, 0) is 61.6 Å². The Bertz CT molecular complexity index is 1070. The van der Waals surface area contributed by atoms with Gasteiger partial charge in [-0.2, -0.15) is 5.26 Å². The zero-order chi connectivity index (χ0) is 19.5. The fraction of sp³-hybridized carbons (Fsp3) is 0.227. The van der Waals surface area contributed by atoms with Crippen molar-refractivity contribution in [2.24, 2.45) is 0 Å². The first kappa shape index (κ1) is 18.2. The molecule has 1 aliphatic carbocycles. The van der Waals surface area contributed by atoms with E-state index in [4.69, 9.17) is 15.4 Å². The maximum atomic E-state index is 9.13. The van der Waals surface area contributed by atoms with E-state index in [1.54, 1.807) is 17.5 Å². The summed E-state index contributed by atoms with van der Waals surface area (Å²) in [4.78, 5) is 4.27. The Morgan fingerprint density at radius 2 is 2.21 bits per heavy atom. The van der Waals surface area contributed by atoms with E-state index in [-0.39, 0.29) is 6.10 Å². The Kier molecular flexibility index (Phi) is 5.09. The van der Waals surface area contributed by atoms with Gasteiger partial charge in [0.05, 0.1) is 28.5 Å². The first-order valence-corrected chi connectivity index (χ1v) is 10.0. The van der Waals surface area contributed by atoms with Crippen molar-refractivity contribution < 1.29 is 4.74 Å². The average Bonchev–Trinajstić information content (AvgIpc) is 3.12. The van der Waals surface area contributed by atoms with Crippen molar-refractivity contribution in [2.75, 3.05) is 5.32 Å². The molecule has 28 heavy (non-hydrogen) atoms. The van der Waals surface area contributed by atoms with Crippen LogP contribution in [-0.2, 0) is 6.42 Å². The second-order valence-electron chi connectivity index (χ2n) is 6.79. The first-order valence-electron chi connectivity index (χ1n) is 9.20. The van der Waals surface area contributed by atoms with E-state index in [1.165, 1.54) is 11.8 Å². The van der Waals surface area contributed by atoms with Crippen molar-refractivity contribution in [3.8, 4) is 11.8 Å². The summed E-state index contributed by atoms with van der Waals surface area (Å²) in [6.07, 6.45) is 6.07. The molecule has 0 fully saturated rings. The molecule has 1 heterocycles. The van der Waals surface area contributed by atoms with E-state index in [0.29, 0.717) is 5.56 Å². The topological polar surface area (TPSA) is 81.8 Å². The summed E-state index contributed by atoms with van der Waals surface area (Å²) in [6.45, 7) is 1.96. The molecule has 1 aromatic heterocycles. The Hall–Kier alpha value is -3.17. The van der Waals surface area contributed by atoms with Crippen LogP contribution in [0.2, 0.25) is 0 Å². The molecule has 0 aliphatic heterocycles. The predicted molar refractivity (Wildman–Crippen MR) is 112 cm³/mol. The fourth-order valence-corrected chi connectivity index (χ4v) is 4.21. The smallest absolute Gasteiger partial charge is 0.124 e. The van der Waals surface area contributed by atoms with Crippen molar-refractivity contribution in [2.45, 2.75) is 32.3 Å². The van der Waals surface area contributed by atoms with E-state index < -0.39 is 0 Å². The summed E-state index contributed by atoms with van der Waals surface area (Å²) in [5.74, 6) is 0.761. The third kappa shape index (κ3) is 3.75. The third-order valence-corrected chi connectivity index (χ3v) is 5.70. The maximum Gasteiger partial charge on any atom is 0.124 e. The minimum atomic E-state index is -0.0270. The molecule has 5 nitrogen and oxygen atoms in total. The summed E-state index contributed by atoms with van der Waals surface area (Å²) in [6, 6.07) is 13.8. The summed E-state index contributed by atoms with van der Waals surface area (Å²) in [7, 11) is 0. The van der Waals surface area contributed by atoms with Gasteiger partial charge in [0, 0.05) is 17.8 Å². The monoisotopic (exact) mass is 388 g/mol. The molecule has 2 N–H and O–H groups in total. The van der Waals surface area contributed by atoms with Gasteiger partial charge >= 0.3 is 0 Å². The summed E-state index contributed by atoms with van der Waals surface area (Å²) in [5.41, 5.74) is 4.67. The summed E-state index contributed by atoms with van der Waals surface area (Å²) < 4.78 is 6.33. The minimum Gasteiger partial charge on any atom is -0.486 e. The second kappa shape index (κ2) is 7.83. The zero-order valence-electron chi connectivity index (χ0n) is 15.5. The van der Waals surface area contributed by atoms with Gasteiger partial charge in [0.1, 0.15) is 16.9 Å².